The molecule has 4 heteroatoms. The number of hydrogen-bond acceptors (Lipinski definition) is 3. The zero-order valence-electron chi connectivity index (χ0n) is 11.0. The zero-order chi connectivity index (χ0) is 13.2. The largest absolute Gasteiger partial charge is 0.465 e. The molecule has 0 N–H and O–H groups in total. The summed E-state index contributed by atoms with van der Waals surface area (Å²) >= 11 is 0. The van der Waals surface area contributed by atoms with Gasteiger partial charge in [0.05, 0.1) is 18.4 Å². The summed E-state index contributed by atoms with van der Waals surface area (Å²) in [5.74, 6) is -0.347. The van der Waals surface area contributed by atoms with Gasteiger partial charge in [-0.05, 0) is 22.8 Å². The van der Waals surface area contributed by atoms with E-state index in [0.29, 0.717) is 11.3 Å². The van der Waals surface area contributed by atoms with Gasteiger partial charge in [-0.15, -0.1) is 12.4 Å². The third-order valence-electron chi connectivity index (χ3n) is 3.29. The quantitative estimate of drug-likeness (QED) is 0.642. The van der Waals surface area contributed by atoms with E-state index in [2.05, 4.69) is 11.1 Å². The van der Waals surface area contributed by atoms with Crippen LogP contribution in [0.25, 0.3) is 0 Å². The Labute approximate surface area is 123 Å². The highest BCUT2D eigenvalue weighted by Gasteiger charge is 2.17. The predicted molar refractivity (Wildman–Crippen MR) is 81.5 cm³/mol. The molecule has 0 unspecified atom stereocenters. The maximum absolute atomic E-state index is 11.8. The van der Waals surface area contributed by atoms with E-state index in [-0.39, 0.29) is 18.4 Å². The summed E-state index contributed by atoms with van der Waals surface area (Å²) < 4.78 is 4.81. The normalized spacial score (nSPS) is 11.7. The number of carbonyl (C=O) groups excluding carboxylic acids is 1. The Balaban J connectivity index is 0.00000147. The maximum atomic E-state index is 11.8. The summed E-state index contributed by atoms with van der Waals surface area (Å²) in [6.45, 7) is 0. The molecule has 0 fully saturated rings. The Morgan fingerprint density at radius 1 is 1.10 bits per heavy atom. The lowest BCUT2D eigenvalue weighted by molar-refractivity contribution is 0.0601. The average Bonchev–Trinajstić information content (AvgIpc) is 2.65. The molecular weight excluding hydrogens is 274 g/mol. The molecule has 20 heavy (non-hydrogen) atoms. The second kappa shape index (κ2) is 5.88. The second-order valence-electron chi connectivity index (χ2n) is 4.44. The minimum atomic E-state index is -0.347. The van der Waals surface area contributed by atoms with Crippen molar-refractivity contribution in [1.82, 2.24) is 0 Å². The van der Waals surface area contributed by atoms with Crippen LogP contribution in [0, 0.1) is 0 Å². The molecule has 0 spiro atoms. The van der Waals surface area contributed by atoms with Crippen LogP contribution in [0.3, 0.4) is 0 Å². The lowest BCUT2D eigenvalue weighted by atomic mass is 9.99. The monoisotopic (exact) mass is 287 g/mol. The molecule has 0 aliphatic carbocycles. The number of carbonyl (C=O) groups is 1. The number of aliphatic imine (C=N–C) groups is 1. The van der Waals surface area contributed by atoms with Crippen LogP contribution in [0.1, 0.15) is 27.0 Å². The van der Waals surface area contributed by atoms with E-state index in [1.165, 1.54) is 12.7 Å². The third kappa shape index (κ3) is 2.45. The van der Waals surface area contributed by atoms with Gasteiger partial charge >= 0.3 is 5.97 Å². The van der Waals surface area contributed by atoms with E-state index in [9.17, 15) is 4.79 Å². The van der Waals surface area contributed by atoms with Crippen LogP contribution in [0.4, 0.5) is 5.69 Å². The van der Waals surface area contributed by atoms with Crippen LogP contribution in [0.15, 0.2) is 47.5 Å². The van der Waals surface area contributed by atoms with E-state index in [4.69, 9.17) is 4.74 Å². The van der Waals surface area contributed by atoms with Crippen molar-refractivity contribution >= 4 is 30.3 Å². The zero-order valence-corrected chi connectivity index (χ0v) is 11.8. The van der Waals surface area contributed by atoms with Crippen LogP contribution in [-0.2, 0) is 11.2 Å². The highest BCUT2D eigenvalue weighted by atomic mass is 35.5. The van der Waals surface area contributed by atoms with Gasteiger partial charge in [-0.25, -0.2) is 4.79 Å². The Kier molecular flexibility index (Phi) is 4.20. The molecule has 2 aromatic rings. The standard InChI is InChI=1S/C16H13NO2.ClH/c1-19-16(18)14-8-4-7-12-9-11-5-2-3-6-13(11)10-17-15(12)14;/h2-8,10H,9H2,1H3;1H. The lowest BCUT2D eigenvalue weighted by Gasteiger charge is -2.08. The molecule has 102 valence electrons. The number of hydrogen-bond donors (Lipinski definition) is 0. The van der Waals surface area contributed by atoms with Gasteiger partial charge in [-0.1, -0.05) is 36.4 Å². The molecule has 0 aromatic heterocycles. The van der Waals surface area contributed by atoms with E-state index in [1.807, 2.05) is 36.5 Å². The van der Waals surface area contributed by atoms with E-state index in [0.717, 1.165) is 17.5 Å². The highest BCUT2D eigenvalue weighted by molar-refractivity contribution is 5.98. The lowest BCUT2D eigenvalue weighted by Crippen LogP contribution is -2.02. The molecule has 1 aliphatic rings. The second-order valence-corrected chi connectivity index (χ2v) is 4.44. The number of esters is 1. The van der Waals surface area contributed by atoms with Crippen LogP contribution in [0.2, 0.25) is 0 Å². The molecule has 0 amide bonds. The van der Waals surface area contributed by atoms with Crippen molar-refractivity contribution in [2.24, 2.45) is 4.99 Å². The first-order valence-electron chi connectivity index (χ1n) is 6.12. The van der Waals surface area contributed by atoms with Crippen LogP contribution in [0.5, 0.6) is 0 Å². The molecule has 0 atom stereocenters. The number of rotatable bonds is 1. The average molecular weight is 288 g/mol. The Hall–Kier alpha value is -2.13. The van der Waals surface area contributed by atoms with Crippen LogP contribution < -0.4 is 0 Å². The highest BCUT2D eigenvalue weighted by Crippen LogP contribution is 2.30. The summed E-state index contributed by atoms with van der Waals surface area (Å²) in [5.41, 5.74) is 4.58. The molecule has 0 radical (unpaired) electrons. The minimum absolute atomic E-state index is 0. The number of fused-ring (bicyclic) bond motifs is 2. The number of ether oxygens (including phenoxy) is 1. The molecule has 0 bridgehead atoms. The molecule has 1 heterocycles. The minimum Gasteiger partial charge on any atom is -0.465 e. The molecule has 3 rings (SSSR count). The van der Waals surface area contributed by atoms with Crippen molar-refractivity contribution in [2.75, 3.05) is 7.11 Å². The van der Waals surface area contributed by atoms with Crippen LogP contribution >= 0.6 is 12.4 Å². The van der Waals surface area contributed by atoms with Gasteiger partial charge in [-0.2, -0.15) is 0 Å². The van der Waals surface area contributed by atoms with E-state index in [1.54, 1.807) is 6.07 Å². The van der Waals surface area contributed by atoms with E-state index < -0.39 is 0 Å². The SMILES string of the molecule is COC(=O)c1cccc2c1N=Cc1ccccc1C2.Cl. The van der Waals surface area contributed by atoms with Crippen molar-refractivity contribution in [1.29, 1.82) is 0 Å². The number of benzene rings is 2. The van der Waals surface area contributed by atoms with Gasteiger partial charge in [-0.3, -0.25) is 4.99 Å². The van der Waals surface area contributed by atoms with Crippen molar-refractivity contribution in [2.45, 2.75) is 6.42 Å². The Morgan fingerprint density at radius 3 is 2.65 bits per heavy atom. The number of para-hydroxylation sites is 1. The van der Waals surface area contributed by atoms with Crippen molar-refractivity contribution < 1.29 is 9.53 Å². The smallest absolute Gasteiger partial charge is 0.340 e. The summed E-state index contributed by atoms with van der Waals surface area (Å²) in [6, 6.07) is 13.7. The predicted octanol–water partition coefficient (Wildman–Crippen LogP) is 3.55. The van der Waals surface area contributed by atoms with Gasteiger partial charge in [0, 0.05) is 12.6 Å². The topological polar surface area (TPSA) is 38.7 Å². The van der Waals surface area contributed by atoms with Gasteiger partial charge in [0.15, 0.2) is 0 Å². The van der Waals surface area contributed by atoms with Gasteiger partial charge in [0.25, 0.3) is 0 Å². The Bertz CT molecular complexity index is 680. The fourth-order valence-corrected chi connectivity index (χ4v) is 2.32. The molecular formula is C16H14ClNO2. The summed E-state index contributed by atoms with van der Waals surface area (Å²) in [4.78, 5) is 16.2. The van der Waals surface area contributed by atoms with E-state index >= 15 is 0 Å². The third-order valence-corrected chi connectivity index (χ3v) is 3.29. The first-order valence-corrected chi connectivity index (χ1v) is 6.12. The summed E-state index contributed by atoms with van der Waals surface area (Å²) in [7, 11) is 1.39. The molecule has 1 aliphatic heterocycles. The molecule has 3 nitrogen and oxygen atoms in total. The first kappa shape index (κ1) is 14.3. The fraction of sp³-hybridized carbons (Fsp3) is 0.125. The maximum Gasteiger partial charge on any atom is 0.340 e. The van der Waals surface area contributed by atoms with Crippen molar-refractivity contribution in [3.05, 3.63) is 64.7 Å². The first-order chi connectivity index (χ1) is 9.29. The molecule has 0 saturated carbocycles. The number of nitrogens with zero attached hydrogens (tertiary/aromatic N) is 1. The Morgan fingerprint density at radius 2 is 1.85 bits per heavy atom. The van der Waals surface area contributed by atoms with Gasteiger partial charge in [0.2, 0.25) is 0 Å². The van der Waals surface area contributed by atoms with Crippen molar-refractivity contribution in [3.63, 3.8) is 0 Å². The summed E-state index contributed by atoms with van der Waals surface area (Å²) in [5, 5.41) is 0. The van der Waals surface area contributed by atoms with Crippen LogP contribution in [-0.4, -0.2) is 19.3 Å². The molecule has 2 aromatic carbocycles. The summed E-state index contributed by atoms with van der Waals surface area (Å²) in [6.07, 6.45) is 2.59. The number of methoxy groups -OCH3 is 1. The van der Waals surface area contributed by atoms with Gasteiger partial charge in [0.1, 0.15) is 0 Å². The van der Waals surface area contributed by atoms with Gasteiger partial charge < -0.3 is 4.74 Å². The molecule has 0 saturated heterocycles. The fourth-order valence-electron chi connectivity index (χ4n) is 2.32. The van der Waals surface area contributed by atoms with Crippen molar-refractivity contribution in [3.8, 4) is 0 Å². The number of halogens is 1.